The second-order valence-electron chi connectivity index (χ2n) is 14.4. The van der Waals surface area contributed by atoms with Crippen LogP contribution in [0.25, 0.3) is 28.0 Å². The minimum Gasteiger partial charge on any atom is -0.370 e. The van der Waals surface area contributed by atoms with Crippen molar-refractivity contribution in [2.45, 2.75) is 65.0 Å². The normalized spacial score (nSPS) is 20.4. The van der Waals surface area contributed by atoms with Crippen LogP contribution in [0.15, 0.2) is 73.6 Å². The number of piperidine rings is 1. The smallest absolute Gasteiger partial charge is 0.161 e. The number of aromatic nitrogens is 3. The number of allylic oxidation sites excluding steroid dienone is 1. The number of fused-ring (bicyclic) bond motifs is 2. The molecule has 0 spiro atoms. The van der Waals surface area contributed by atoms with Crippen LogP contribution in [0.2, 0.25) is 25.7 Å². The van der Waals surface area contributed by atoms with Gasteiger partial charge in [-0.25, -0.2) is 9.97 Å². The molecule has 3 heterocycles. The average molecular weight is 565 g/mol. The summed E-state index contributed by atoms with van der Waals surface area (Å²) in [6.07, 6.45) is 5.34. The Labute approximate surface area is 246 Å². The van der Waals surface area contributed by atoms with Crippen molar-refractivity contribution in [3.8, 4) is 11.3 Å². The molecule has 6 rings (SSSR count). The topological polar surface area (TPSA) is 43.2 Å². The number of ether oxygens (including phenoxy) is 1. The summed E-state index contributed by atoms with van der Waals surface area (Å²) in [5.74, 6) is 0.739. The minimum atomic E-state index is -1.15. The summed E-state index contributed by atoms with van der Waals surface area (Å²) >= 11 is 0. The number of anilines is 1. The fraction of sp³-hybridized carbons (Fsp3) is 0.429. The van der Waals surface area contributed by atoms with Crippen LogP contribution in [0.5, 0.6) is 0 Å². The third-order valence-corrected chi connectivity index (χ3v) is 10.7. The highest BCUT2D eigenvalue weighted by Gasteiger charge is 2.60. The van der Waals surface area contributed by atoms with Crippen molar-refractivity contribution in [3.05, 3.63) is 84.7 Å². The van der Waals surface area contributed by atoms with Crippen molar-refractivity contribution in [1.29, 1.82) is 0 Å². The maximum Gasteiger partial charge on any atom is 0.161 e. The van der Waals surface area contributed by atoms with E-state index in [1.807, 2.05) is 6.20 Å². The van der Waals surface area contributed by atoms with Crippen molar-refractivity contribution >= 4 is 30.5 Å². The first-order chi connectivity index (χ1) is 19.4. The maximum atomic E-state index is 6.12. The summed E-state index contributed by atoms with van der Waals surface area (Å²) in [7, 11) is -1.15. The van der Waals surface area contributed by atoms with Gasteiger partial charge >= 0.3 is 0 Å². The molecule has 41 heavy (non-hydrogen) atoms. The zero-order valence-electron chi connectivity index (χ0n) is 25.6. The maximum absolute atomic E-state index is 6.12. The van der Waals surface area contributed by atoms with E-state index in [9.17, 15) is 0 Å². The van der Waals surface area contributed by atoms with Gasteiger partial charge in [-0.05, 0) is 47.1 Å². The highest BCUT2D eigenvalue weighted by Crippen LogP contribution is 2.59. The molecule has 2 aromatic carbocycles. The number of hydrogen-bond donors (Lipinski definition) is 0. The Balaban J connectivity index is 1.28. The molecule has 1 aliphatic carbocycles. The van der Waals surface area contributed by atoms with Crippen LogP contribution in [0, 0.1) is 11.3 Å². The van der Waals surface area contributed by atoms with E-state index in [4.69, 9.17) is 14.7 Å². The molecular formula is C35H44N4OSi. The van der Waals surface area contributed by atoms with E-state index in [1.54, 1.807) is 0 Å². The molecule has 0 bridgehead atoms. The monoisotopic (exact) mass is 564 g/mol. The lowest BCUT2D eigenvalue weighted by molar-refractivity contribution is 0.0898. The van der Waals surface area contributed by atoms with Gasteiger partial charge in [-0.1, -0.05) is 89.5 Å². The second kappa shape index (κ2) is 10.2. The van der Waals surface area contributed by atoms with Crippen LogP contribution in [0.3, 0.4) is 0 Å². The fourth-order valence-corrected chi connectivity index (χ4v) is 6.97. The first kappa shape index (κ1) is 27.9. The van der Waals surface area contributed by atoms with Gasteiger partial charge < -0.3 is 14.2 Å². The average Bonchev–Trinajstić information content (AvgIpc) is 3.32. The van der Waals surface area contributed by atoms with Crippen molar-refractivity contribution in [1.82, 2.24) is 14.5 Å². The van der Waals surface area contributed by atoms with Crippen LogP contribution < -0.4 is 4.90 Å². The summed E-state index contributed by atoms with van der Waals surface area (Å²) in [6.45, 7) is 21.6. The standard InChI is InChI=1S/C35H44N4OSi/c1-25(34(2,3)4)30-22-39(24-40-16-17-41(5,6)7)33-32(30)37-31(20-36-33)26-12-11-15-29(18-26)38-21-28-19-35(28,23-38)27-13-9-8-10-14-27/h8-15,18,20,22,28H,1,16-17,19,21,23-24H2,2-7H3/t28-,35+/m0/s1. The predicted octanol–water partition coefficient (Wildman–Crippen LogP) is 8.25. The lowest BCUT2D eigenvalue weighted by Gasteiger charge is -2.24. The van der Waals surface area contributed by atoms with Gasteiger partial charge in [-0.15, -0.1) is 0 Å². The van der Waals surface area contributed by atoms with Gasteiger partial charge in [0.15, 0.2) is 5.65 Å². The van der Waals surface area contributed by atoms with Gasteiger partial charge in [0, 0.05) is 56.2 Å². The van der Waals surface area contributed by atoms with Gasteiger partial charge in [0.05, 0.1) is 11.9 Å². The molecule has 0 radical (unpaired) electrons. The van der Waals surface area contributed by atoms with E-state index in [1.165, 1.54) is 17.7 Å². The van der Waals surface area contributed by atoms with Crippen LogP contribution in [-0.4, -0.2) is 42.3 Å². The zero-order valence-corrected chi connectivity index (χ0v) is 26.6. The number of nitrogens with zero attached hydrogens (tertiary/aromatic N) is 4. The Morgan fingerprint density at radius 1 is 1.10 bits per heavy atom. The van der Waals surface area contributed by atoms with Crippen LogP contribution >= 0.6 is 0 Å². The molecule has 2 aliphatic rings. The summed E-state index contributed by atoms with van der Waals surface area (Å²) in [5.41, 5.74) is 8.83. The molecule has 0 unspecified atom stereocenters. The van der Waals surface area contributed by atoms with E-state index in [2.05, 4.69) is 117 Å². The molecule has 214 valence electrons. The van der Waals surface area contributed by atoms with E-state index in [-0.39, 0.29) is 5.41 Å². The van der Waals surface area contributed by atoms with Crippen molar-refractivity contribution < 1.29 is 4.74 Å². The van der Waals surface area contributed by atoms with Gasteiger partial charge in [-0.3, -0.25) is 0 Å². The lowest BCUT2D eigenvalue weighted by Crippen LogP contribution is -2.26. The first-order valence-corrected chi connectivity index (χ1v) is 18.7. The Morgan fingerprint density at radius 3 is 2.61 bits per heavy atom. The quantitative estimate of drug-likeness (QED) is 0.152. The minimum absolute atomic E-state index is 0.0826. The lowest BCUT2D eigenvalue weighted by atomic mass is 9.84. The molecule has 0 N–H and O–H groups in total. The highest BCUT2D eigenvalue weighted by molar-refractivity contribution is 6.76. The Hall–Kier alpha value is -3.22. The molecule has 0 amide bonds. The van der Waals surface area contributed by atoms with Gasteiger partial charge in [0.1, 0.15) is 12.2 Å². The van der Waals surface area contributed by atoms with Crippen molar-refractivity contribution in [2.75, 3.05) is 24.6 Å². The first-order valence-electron chi connectivity index (χ1n) is 15.0. The van der Waals surface area contributed by atoms with Crippen LogP contribution in [0.4, 0.5) is 5.69 Å². The van der Waals surface area contributed by atoms with E-state index < -0.39 is 8.07 Å². The molecular weight excluding hydrogens is 520 g/mol. The zero-order chi connectivity index (χ0) is 29.0. The van der Waals surface area contributed by atoms with Gasteiger partial charge in [-0.2, -0.15) is 0 Å². The fourth-order valence-electron chi connectivity index (χ4n) is 6.21. The molecule has 4 aromatic rings. The molecule has 2 atom stereocenters. The number of rotatable bonds is 9. The third-order valence-electron chi connectivity index (χ3n) is 9.02. The van der Waals surface area contributed by atoms with E-state index in [0.29, 0.717) is 12.1 Å². The van der Waals surface area contributed by atoms with E-state index in [0.717, 1.165) is 65.2 Å². The summed E-state index contributed by atoms with van der Waals surface area (Å²) in [6, 6.07) is 21.0. The predicted molar refractivity (Wildman–Crippen MR) is 174 cm³/mol. The van der Waals surface area contributed by atoms with Crippen molar-refractivity contribution in [2.24, 2.45) is 11.3 Å². The molecule has 2 fully saturated rings. The van der Waals surface area contributed by atoms with Crippen LogP contribution in [0.1, 0.15) is 38.3 Å². The Kier molecular flexibility index (Phi) is 6.98. The van der Waals surface area contributed by atoms with E-state index >= 15 is 0 Å². The third kappa shape index (κ3) is 5.52. The molecule has 1 aliphatic heterocycles. The molecule has 1 saturated carbocycles. The highest BCUT2D eigenvalue weighted by atomic mass is 28.3. The Morgan fingerprint density at radius 2 is 1.88 bits per heavy atom. The van der Waals surface area contributed by atoms with Crippen molar-refractivity contribution in [3.63, 3.8) is 0 Å². The Bertz CT molecular complexity index is 1580. The SMILES string of the molecule is C=C(c1cn(COCC[Si](C)(C)C)c2ncc(-c3cccc(N4C[C@@H]5C[C@]5(c5ccccc5)C4)c3)nc12)C(C)(C)C. The molecule has 5 nitrogen and oxygen atoms in total. The van der Waals surface area contributed by atoms with Crippen LogP contribution in [-0.2, 0) is 16.9 Å². The second-order valence-corrected chi connectivity index (χ2v) is 20.0. The molecule has 1 saturated heterocycles. The van der Waals surface area contributed by atoms with Gasteiger partial charge in [0.2, 0.25) is 0 Å². The van der Waals surface area contributed by atoms with Gasteiger partial charge in [0.25, 0.3) is 0 Å². The number of hydrogen-bond acceptors (Lipinski definition) is 4. The molecule has 6 heteroatoms. The summed E-state index contributed by atoms with van der Waals surface area (Å²) < 4.78 is 8.21. The number of benzene rings is 2. The summed E-state index contributed by atoms with van der Waals surface area (Å²) in [4.78, 5) is 12.7. The molecule has 2 aromatic heterocycles. The summed E-state index contributed by atoms with van der Waals surface area (Å²) in [5, 5.41) is 0. The largest absolute Gasteiger partial charge is 0.370 e.